The Hall–Kier alpha value is -0.480. The fraction of sp³-hybridized carbons (Fsp3) is 0.300. The van der Waals surface area contributed by atoms with Gasteiger partial charge in [0.2, 0.25) is 10.0 Å². The van der Waals surface area contributed by atoms with Gasteiger partial charge in [0.25, 0.3) is 0 Å². The third-order valence-electron chi connectivity index (χ3n) is 2.11. The first-order valence-electron chi connectivity index (χ1n) is 4.97. The Morgan fingerprint density at radius 1 is 1.47 bits per heavy atom. The smallest absolute Gasteiger partial charge is 0.324 e. The van der Waals surface area contributed by atoms with Crippen LogP contribution >= 0.6 is 31.9 Å². The van der Waals surface area contributed by atoms with Crippen LogP contribution in [0.5, 0.6) is 0 Å². The molecule has 0 spiro atoms. The third kappa shape index (κ3) is 4.53. The minimum atomic E-state index is -3.95. The number of hydrogen-bond acceptors (Lipinski definition) is 4. The number of benzene rings is 1. The first kappa shape index (κ1) is 16.6. The van der Waals surface area contributed by atoms with Gasteiger partial charge in [-0.2, -0.15) is 4.72 Å². The van der Waals surface area contributed by atoms with Crippen molar-refractivity contribution in [2.24, 2.45) is 0 Å². The van der Waals surface area contributed by atoms with E-state index in [1.807, 2.05) is 0 Å². The Morgan fingerprint density at radius 3 is 2.58 bits per heavy atom. The van der Waals surface area contributed by atoms with Crippen LogP contribution < -0.4 is 4.72 Å². The van der Waals surface area contributed by atoms with Crippen molar-refractivity contribution in [1.82, 2.24) is 4.72 Å². The number of nitrogens with one attached hydrogen (secondary N) is 1. The summed E-state index contributed by atoms with van der Waals surface area (Å²) in [4.78, 5) is 10.9. The van der Waals surface area contributed by atoms with Gasteiger partial charge in [-0.05, 0) is 34.1 Å². The normalized spacial score (nSPS) is 13.2. The highest BCUT2D eigenvalue weighted by molar-refractivity contribution is 9.11. The molecule has 0 fully saturated rings. The van der Waals surface area contributed by atoms with Gasteiger partial charge in [0.15, 0.2) is 0 Å². The van der Waals surface area contributed by atoms with Gasteiger partial charge in [0.1, 0.15) is 6.04 Å². The number of ether oxygens (including phenoxy) is 1. The average Bonchev–Trinajstić information content (AvgIpc) is 2.27. The SMILES string of the molecule is COCC(NS(=O)(=O)c1ccc(Br)cc1Br)C(=O)O. The van der Waals surface area contributed by atoms with Crippen LogP contribution in [0.3, 0.4) is 0 Å². The molecule has 0 saturated carbocycles. The summed E-state index contributed by atoms with van der Waals surface area (Å²) in [5.74, 6) is -1.31. The lowest BCUT2D eigenvalue weighted by Crippen LogP contribution is -2.43. The van der Waals surface area contributed by atoms with Crippen molar-refractivity contribution >= 4 is 47.9 Å². The van der Waals surface area contributed by atoms with E-state index >= 15 is 0 Å². The molecule has 1 atom stereocenters. The first-order valence-corrected chi connectivity index (χ1v) is 8.04. The number of methoxy groups -OCH3 is 1. The summed E-state index contributed by atoms with van der Waals surface area (Å²) in [6, 6.07) is 3.12. The maximum Gasteiger partial charge on any atom is 0.324 e. The number of carboxylic acid groups (broad SMARTS) is 1. The van der Waals surface area contributed by atoms with Crippen molar-refractivity contribution < 1.29 is 23.1 Å². The second-order valence-corrected chi connectivity index (χ2v) is 6.99. The van der Waals surface area contributed by atoms with Crippen molar-refractivity contribution in [1.29, 1.82) is 0 Å². The highest BCUT2D eigenvalue weighted by Crippen LogP contribution is 2.25. The molecular weight excluding hydrogens is 406 g/mol. The molecule has 0 amide bonds. The molecule has 0 aliphatic heterocycles. The zero-order valence-electron chi connectivity index (χ0n) is 9.76. The lowest BCUT2D eigenvalue weighted by atomic mass is 10.3. The molecule has 0 aliphatic carbocycles. The summed E-state index contributed by atoms with van der Waals surface area (Å²) in [5, 5.41) is 8.90. The van der Waals surface area contributed by atoms with E-state index in [1.165, 1.54) is 13.2 Å². The fourth-order valence-electron chi connectivity index (χ4n) is 1.27. The van der Waals surface area contributed by atoms with Crippen LogP contribution in [0.25, 0.3) is 0 Å². The predicted molar refractivity (Wildman–Crippen MR) is 75.5 cm³/mol. The fourth-order valence-corrected chi connectivity index (χ4v) is 4.19. The van der Waals surface area contributed by atoms with Crippen LogP contribution in [-0.2, 0) is 19.6 Å². The highest BCUT2D eigenvalue weighted by Gasteiger charge is 2.26. The van der Waals surface area contributed by atoms with E-state index in [0.717, 1.165) is 0 Å². The third-order valence-corrected chi connectivity index (χ3v) is 5.05. The van der Waals surface area contributed by atoms with E-state index in [1.54, 1.807) is 12.1 Å². The number of sulfonamides is 1. The Kier molecular flexibility index (Phi) is 5.93. The molecule has 1 rings (SSSR count). The van der Waals surface area contributed by atoms with Gasteiger partial charge in [-0.25, -0.2) is 8.42 Å². The number of carboxylic acids is 1. The van der Waals surface area contributed by atoms with Crippen LogP contribution in [0, 0.1) is 0 Å². The molecule has 1 aromatic rings. The summed E-state index contributed by atoms with van der Waals surface area (Å²) >= 11 is 6.32. The van der Waals surface area contributed by atoms with Gasteiger partial charge in [0, 0.05) is 16.1 Å². The van der Waals surface area contributed by atoms with Crippen molar-refractivity contribution in [3.63, 3.8) is 0 Å². The molecule has 0 aliphatic rings. The van der Waals surface area contributed by atoms with Gasteiger partial charge in [-0.15, -0.1) is 0 Å². The maximum atomic E-state index is 12.1. The monoisotopic (exact) mass is 415 g/mol. The van der Waals surface area contributed by atoms with Gasteiger partial charge in [-0.3, -0.25) is 4.79 Å². The summed E-state index contributed by atoms with van der Waals surface area (Å²) in [5.41, 5.74) is 0. The second-order valence-electron chi connectivity index (χ2n) is 3.54. The van der Waals surface area contributed by atoms with E-state index in [2.05, 4.69) is 41.3 Å². The summed E-state index contributed by atoms with van der Waals surface area (Å²) < 4.78 is 31.9. The first-order chi connectivity index (χ1) is 8.77. The molecule has 0 radical (unpaired) electrons. The van der Waals surface area contributed by atoms with E-state index in [9.17, 15) is 13.2 Å². The molecular formula is C10H11Br2NO5S. The lowest BCUT2D eigenvalue weighted by Gasteiger charge is -2.14. The minimum Gasteiger partial charge on any atom is -0.480 e. The average molecular weight is 417 g/mol. The molecule has 0 bridgehead atoms. The quantitative estimate of drug-likeness (QED) is 0.734. The molecule has 0 heterocycles. The van der Waals surface area contributed by atoms with Crippen LogP contribution in [0.4, 0.5) is 0 Å². The van der Waals surface area contributed by atoms with Gasteiger partial charge < -0.3 is 9.84 Å². The molecule has 9 heteroatoms. The van der Waals surface area contributed by atoms with E-state index in [4.69, 9.17) is 5.11 Å². The predicted octanol–water partition coefficient (Wildman–Crippen LogP) is 1.59. The Labute approximate surface area is 127 Å². The van der Waals surface area contributed by atoms with Crippen molar-refractivity contribution in [3.8, 4) is 0 Å². The highest BCUT2D eigenvalue weighted by atomic mass is 79.9. The molecule has 0 saturated heterocycles. The van der Waals surface area contributed by atoms with Crippen LogP contribution in [0.15, 0.2) is 32.0 Å². The Balaban J connectivity index is 3.06. The van der Waals surface area contributed by atoms with Gasteiger partial charge in [-0.1, -0.05) is 15.9 Å². The summed E-state index contributed by atoms with van der Waals surface area (Å²) in [6.07, 6.45) is 0. The lowest BCUT2D eigenvalue weighted by molar-refractivity contribution is -0.140. The van der Waals surface area contributed by atoms with Crippen molar-refractivity contribution in [2.75, 3.05) is 13.7 Å². The number of carbonyl (C=O) groups is 1. The summed E-state index contributed by atoms with van der Waals surface area (Å²) in [7, 11) is -2.66. The zero-order chi connectivity index (χ0) is 14.6. The number of rotatable bonds is 6. The molecule has 0 aromatic heterocycles. The van der Waals surface area contributed by atoms with E-state index in [0.29, 0.717) is 8.95 Å². The largest absolute Gasteiger partial charge is 0.480 e. The number of hydrogen-bond donors (Lipinski definition) is 2. The molecule has 1 aromatic carbocycles. The Morgan fingerprint density at radius 2 is 2.11 bits per heavy atom. The second kappa shape index (κ2) is 6.80. The van der Waals surface area contributed by atoms with Crippen LogP contribution in [-0.4, -0.2) is 39.3 Å². The number of halogens is 2. The van der Waals surface area contributed by atoms with Crippen molar-refractivity contribution in [3.05, 3.63) is 27.1 Å². The van der Waals surface area contributed by atoms with Gasteiger partial charge in [0.05, 0.1) is 11.5 Å². The number of aliphatic carboxylic acids is 1. The molecule has 19 heavy (non-hydrogen) atoms. The van der Waals surface area contributed by atoms with E-state index < -0.39 is 22.0 Å². The van der Waals surface area contributed by atoms with E-state index in [-0.39, 0.29) is 11.5 Å². The van der Waals surface area contributed by atoms with Crippen molar-refractivity contribution in [2.45, 2.75) is 10.9 Å². The maximum absolute atomic E-state index is 12.1. The molecule has 106 valence electrons. The Bertz CT molecular complexity index is 575. The zero-order valence-corrected chi connectivity index (χ0v) is 13.7. The minimum absolute atomic E-state index is 0.0435. The topological polar surface area (TPSA) is 92.7 Å². The van der Waals surface area contributed by atoms with Crippen LogP contribution in [0.2, 0.25) is 0 Å². The standard InChI is InChI=1S/C10H11Br2NO5S/c1-18-5-8(10(14)15)13-19(16,17)9-3-2-6(11)4-7(9)12/h2-4,8,13H,5H2,1H3,(H,14,15). The molecule has 1 unspecified atom stereocenters. The van der Waals surface area contributed by atoms with Crippen LogP contribution in [0.1, 0.15) is 0 Å². The summed E-state index contributed by atoms with van der Waals surface area (Å²) in [6.45, 7) is -0.261. The van der Waals surface area contributed by atoms with Gasteiger partial charge >= 0.3 is 5.97 Å². The molecule has 6 nitrogen and oxygen atoms in total. The molecule has 2 N–H and O–H groups in total.